The third kappa shape index (κ3) is 3.52. The number of carbonyl (C=O) groups is 3. The standard InChI is InChI=1S/C25H35NO5/c1-14(12-26)23(30)31-13-21(29)19-7-6-18-17-5-4-15-10-16(27)8-9-24(15,2)22(17)20(28)11-25(18,19)3/h8-10,14,17-20,22,28H,4-7,11-13,26H2,1-3H3/t14?,17-,18?,19+,20-,22?,24-,25-/m0/s1. The van der Waals surface area contributed by atoms with Gasteiger partial charge in [-0.25, -0.2) is 0 Å². The fraction of sp³-hybridized carbons (Fsp3) is 0.720. The number of rotatable bonds is 5. The molecule has 3 saturated carbocycles. The highest BCUT2D eigenvalue weighted by molar-refractivity contribution is 6.01. The number of esters is 1. The maximum atomic E-state index is 13.1. The van der Waals surface area contributed by atoms with Crippen molar-refractivity contribution in [3.63, 3.8) is 0 Å². The van der Waals surface area contributed by atoms with Crippen LogP contribution in [0.1, 0.15) is 52.9 Å². The van der Waals surface area contributed by atoms with Crippen LogP contribution in [-0.2, 0) is 19.1 Å². The Labute approximate surface area is 184 Å². The molecule has 0 radical (unpaired) electrons. The van der Waals surface area contributed by atoms with Crippen molar-refractivity contribution in [3.8, 4) is 0 Å². The van der Waals surface area contributed by atoms with Crippen LogP contribution in [-0.4, -0.2) is 41.9 Å². The molecule has 0 amide bonds. The van der Waals surface area contributed by atoms with E-state index in [1.807, 2.05) is 6.08 Å². The van der Waals surface area contributed by atoms with Crippen molar-refractivity contribution < 1.29 is 24.2 Å². The topological polar surface area (TPSA) is 107 Å². The van der Waals surface area contributed by atoms with E-state index >= 15 is 0 Å². The number of nitrogens with two attached hydrogens (primary N) is 1. The molecule has 0 aliphatic heterocycles. The number of hydrogen-bond donors (Lipinski definition) is 2. The SMILES string of the molecule is CC(CN)C(=O)OCC(=O)[C@H]1CCC2[C@@H]3CCC4=CC(=O)C=C[C@]4(C)C3[C@@H](O)C[C@@]21C. The Morgan fingerprint density at radius 3 is 2.74 bits per heavy atom. The van der Waals surface area contributed by atoms with Gasteiger partial charge in [0, 0.05) is 23.8 Å². The molecule has 0 saturated heterocycles. The molecule has 6 heteroatoms. The molecular formula is C25H35NO5. The van der Waals surface area contributed by atoms with Crippen molar-refractivity contribution in [2.75, 3.05) is 13.2 Å². The zero-order valence-electron chi connectivity index (χ0n) is 18.8. The van der Waals surface area contributed by atoms with E-state index in [1.54, 1.807) is 19.1 Å². The predicted octanol–water partition coefficient (Wildman–Crippen LogP) is 2.59. The Bertz CT molecular complexity index is 847. The van der Waals surface area contributed by atoms with Gasteiger partial charge in [0.15, 0.2) is 11.6 Å². The van der Waals surface area contributed by atoms with E-state index in [0.29, 0.717) is 18.3 Å². The summed E-state index contributed by atoms with van der Waals surface area (Å²) >= 11 is 0. The van der Waals surface area contributed by atoms with Gasteiger partial charge in [0.05, 0.1) is 12.0 Å². The van der Waals surface area contributed by atoms with Crippen LogP contribution in [0, 0.1) is 40.4 Å². The van der Waals surface area contributed by atoms with E-state index in [0.717, 1.165) is 31.3 Å². The lowest BCUT2D eigenvalue weighted by Crippen LogP contribution is -2.56. The lowest BCUT2D eigenvalue weighted by Gasteiger charge is -2.58. The molecule has 0 spiro atoms. The normalized spacial score (nSPS) is 42.2. The molecule has 3 N–H and O–H groups in total. The molecule has 8 atom stereocenters. The lowest BCUT2D eigenvalue weighted by molar-refractivity contribution is -0.156. The van der Waals surface area contributed by atoms with Gasteiger partial charge in [-0.2, -0.15) is 0 Å². The second-order valence-corrected chi connectivity index (χ2v) is 10.6. The fourth-order valence-electron chi connectivity index (χ4n) is 7.34. The highest BCUT2D eigenvalue weighted by atomic mass is 16.5. The zero-order chi connectivity index (χ0) is 22.6. The number of aliphatic hydroxyl groups excluding tert-OH is 1. The summed E-state index contributed by atoms with van der Waals surface area (Å²) < 4.78 is 5.24. The first-order valence-electron chi connectivity index (χ1n) is 11.6. The van der Waals surface area contributed by atoms with Gasteiger partial charge in [-0.15, -0.1) is 0 Å². The van der Waals surface area contributed by atoms with Gasteiger partial charge in [0.25, 0.3) is 0 Å². The summed E-state index contributed by atoms with van der Waals surface area (Å²) in [4.78, 5) is 36.9. The molecule has 0 aromatic carbocycles. The van der Waals surface area contributed by atoms with Crippen molar-refractivity contribution in [2.24, 2.45) is 46.2 Å². The molecule has 0 aromatic heterocycles. The first-order valence-corrected chi connectivity index (χ1v) is 11.6. The number of hydrogen-bond acceptors (Lipinski definition) is 6. The summed E-state index contributed by atoms with van der Waals surface area (Å²) in [6.07, 6.45) is 8.95. The summed E-state index contributed by atoms with van der Waals surface area (Å²) in [5, 5.41) is 11.4. The van der Waals surface area contributed by atoms with Crippen LogP contribution in [0.2, 0.25) is 0 Å². The Morgan fingerprint density at radius 1 is 1.29 bits per heavy atom. The Kier molecular flexibility index (Phi) is 5.76. The third-order valence-corrected chi connectivity index (χ3v) is 8.99. The molecule has 4 aliphatic rings. The molecule has 0 aromatic rings. The summed E-state index contributed by atoms with van der Waals surface area (Å²) in [5.41, 5.74) is 6.05. The van der Waals surface area contributed by atoms with Crippen molar-refractivity contribution in [2.45, 2.75) is 59.0 Å². The number of ketones is 2. The molecule has 170 valence electrons. The van der Waals surface area contributed by atoms with Gasteiger partial charge in [-0.05, 0) is 61.5 Å². The minimum Gasteiger partial charge on any atom is -0.457 e. The Balaban J connectivity index is 1.53. The van der Waals surface area contributed by atoms with Crippen molar-refractivity contribution in [1.29, 1.82) is 0 Å². The molecule has 31 heavy (non-hydrogen) atoms. The number of ether oxygens (including phenoxy) is 1. The highest BCUT2D eigenvalue weighted by Gasteiger charge is 2.62. The molecule has 3 fully saturated rings. The van der Waals surface area contributed by atoms with Gasteiger partial charge >= 0.3 is 5.97 Å². The van der Waals surface area contributed by atoms with Crippen LogP contribution in [0.15, 0.2) is 23.8 Å². The third-order valence-electron chi connectivity index (χ3n) is 8.99. The molecule has 3 unspecified atom stereocenters. The zero-order valence-corrected chi connectivity index (χ0v) is 18.8. The number of fused-ring (bicyclic) bond motifs is 5. The monoisotopic (exact) mass is 429 g/mol. The van der Waals surface area contributed by atoms with Crippen molar-refractivity contribution >= 4 is 17.5 Å². The van der Waals surface area contributed by atoms with Crippen molar-refractivity contribution in [1.82, 2.24) is 0 Å². The minimum atomic E-state index is -0.536. The van der Waals surface area contributed by atoms with Crippen LogP contribution >= 0.6 is 0 Å². The molecule has 0 bridgehead atoms. The average Bonchev–Trinajstić information content (AvgIpc) is 3.07. The summed E-state index contributed by atoms with van der Waals surface area (Å²) in [5.74, 6) is -0.348. The second kappa shape index (κ2) is 7.96. The molecule has 4 aliphatic carbocycles. The van der Waals surface area contributed by atoms with Crippen LogP contribution in [0.4, 0.5) is 0 Å². The molecule has 0 heterocycles. The minimum absolute atomic E-state index is 0.0334. The highest BCUT2D eigenvalue weighted by Crippen LogP contribution is 2.66. The van der Waals surface area contributed by atoms with E-state index < -0.39 is 18.0 Å². The fourth-order valence-corrected chi connectivity index (χ4v) is 7.34. The van der Waals surface area contributed by atoms with Crippen molar-refractivity contribution in [3.05, 3.63) is 23.8 Å². The number of aliphatic hydroxyl groups is 1. The predicted molar refractivity (Wildman–Crippen MR) is 116 cm³/mol. The van der Waals surface area contributed by atoms with E-state index in [9.17, 15) is 19.5 Å². The van der Waals surface area contributed by atoms with Gasteiger partial charge in [0.2, 0.25) is 0 Å². The molecular weight excluding hydrogens is 394 g/mol. The molecule has 4 rings (SSSR count). The van der Waals surface area contributed by atoms with Crippen LogP contribution < -0.4 is 5.73 Å². The van der Waals surface area contributed by atoms with E-state index in [2.05, 4.69) is 13.8 Å². The molecule has 6 nitrogen and oxygen atoms in total. The second-order valence-electron chi connectivity index (χ2n) is 10.6. The largest absolute Gasteiger partial charge is 0.457 e. The van der Waals surface area contributed by atoms with Crippen LogP contribution in [0.5, 0.6) is 0 Å². The lowest BCUT2D eigenvalue weighted by atomic mass is 9.46. The summed E-state index contributed by atoms with van der Waals surface area (Å²) in [7, 11) is 0. The number of carbonyl (C=O) groups excluding carboxylic acids is 3. The van der Waals surface area contributed by atoms with E-state index in [1.165, 1.54) is 0 Å². The van der Waals surface area contributed by atoms with E-state index in [4.69, 9.17) is 10.5 Å². The Morgan fingerprint density at radius 2 is 2.03 bits per heavy atom. The van der Waals surface area contributed by atoms with Gasteiger partial charge < -0.3 is 15.6 Å². The summed E-state index contributed by atoms with van der Waals surface area (Å²) in [6.45, 7) is 5.97. The van der Waals surface area contributed by atoms with E-state index in [-0.39, 0.29) is 47.4 Å². The first kappa shape index (κ1) is 22.4. The van der Waals surface area contributed by atoms with Crippen LogP contribution in [0.25, 0.3) is 0 Å². The number of allylic oxidation sites excluding steroid dienone is 4. The Hall–Kier alpha value is -1.79. The maximum Gasteiger partial charge on any atom is 0.310 e. The smallest absolute Gasteiger partial charge is 0.310 e. The first-order chi connectivity index (χ1) is 14.6. The van der Waals surface area contributed by atoms with Gasteiger partial charge in [-0.3, -0.25) is 14.4 Å². The maximum absolute atomic E-state index is 13.1. The van der Waals surface area contributed by atoms with Gasteiger partial charge in [0.1, 0.15) is 6.61 Å². The number of Topliss-reactive ketones (excluding diaryl/α,β-unsaturated/α-hetero) is 1. The quantitative estimate of drug-likeness (QED) is 0.651. The summed E-state index contributed by atoms with van der Waals surface area (Å²) in [6, 6.07) is 0. The average molecular weight is 430 g/mol. The van der Waals surface area contributed by atoms with Crippen LogP contribution in [0.3, 0.4) is 0 Å². The van der Waals surface area contributed by atoms with Gasteiger partial charge in [-0.1, -0.05) is 32.4 Å².